The molecule has 0 fully saturated rings. The first-order chi connectivity index (χ1) is 16.6. The predicted molar refractivity (Wildman–Crippen MR) is 133 cm³/mol. The molecule has 0 saturated heterocycles. The van der Waals surface area contributed by atoms with Crippen molar-refractivity contribution in [2.45, 2.75) is 63.6 Å². The van der Waals surface area contributed by atoms with E-state index in [0.717, 1.165) is 16.3 Å². The first kappa shape index (κ1) is 26.7. The topological polar surface area (TPSA) is 104 Å². The zero-order valence-corrected chi connectivity index (χ0v) is 21.6. The fraction of sp³-hybridized carbons (Fsp3) is 0.400. The average molecular weight is 520 g/mol. The van der Waals surface area contributed by atoms with E-state index in [4.69, 9.17) is 11.6 Å². The maximum Gasteiger partial charge on any atom is 0.269 e. The Kier molecular flexibility index (Phi) is 8.56. The van der Waals surface area contributed by atoms with Crippen LogP contribution in [0.15, 0.2) is 53.4 Å². The quantitative estimate of drug-likeness (QED) is 0.516. The number of sulfonamides is 1. The lowest BCUT2D eigenvalue weighted by atomic mass is 10.1. The molecule has 35 heavy (non-hydrogen) atoms. The number of hydrogen-bond donors (Lipinski definition) is 1. The maximum absolute atomic E-state index is 13.2. The van der Waals surface area contributed by atoms with E-state index in [-0.39, 0.29) is 54.2 Å². The Hall–Kier alpha value is -2.91. The van der Waals surface area contributed by atoms with Gasteiger partial charge in [0, 0.05) is 30.6 Å². The molecule has 2 atom stereocenters. The zero-order valence-electron chi connectivity index (χ0n) is 20.0. The van der Waals surface area contributed by atoms with E-state index < -0.39 is 22.0 Å². The molecular formula is C25H30ClN3O5S. The van der Waals surface area contributed by atoms with Gasteiger partial charge in [0.05, 0.1) is 5.56 Å². The number of amides is 3. The molecule has 0 unspecified atom stereocenters. The third kappa shape index (κ3) is 6.02. The molecule has 0 bridgehead atoms. The van der Waals surface area contributed by atoms with E-state index in [1.807, 2.05) is 19.9 Å². The molecule has 1 aliphatic heterocycles. The molecule has 1 aliphatic rings. The van der Waals surface area contributed by atoms with Gasteiger partial charge in [-0.2, -0.15) is 0 Å². The van der Waals surface area contributed by atoms with Gasteiger partial charge in [-0.25, -0.2) is 12.7 Å². The second-order valence-corrected chi connectivity index (χ2v) is 10.9. The molecule has 1 N–H and O–H groups in total. The Morgan fingerprint density at radius 2 is 1.83 bits per heavy atom. The van der Waals surface area contributed by atoms with Gasteiger partial charge >= 0.3 is 0 Å². The summed E-state index contributed by atoms with van der Waals surface area (Å²) in [6.07, 6.45) is 0.849. The first-order valence-corrected chi connectivity index (χ1v) is 13.4. The van der Waals surface area contributed by atoms with Crippen LogP contribution in [0.1, 0.15) is 56.0 Å². The Morgan fingerprint density at radius 1 is 1.11 bits per heavy atom. The second-order valence-electron chi connectivity index (χ2n) is 8.63. The standard InChI is InChI=1S/C25H30ClN3O5S/c1-4-17(2)27-24(31)18(3)28(16-19-9-7-10-20(26)15-19)23(30)13-8-14-29-25(32)21-11-5-6-12-22(21)35(29,33)34/h5-7,9-12,15,17-18H,4,8,13-14,16H2,1-3H3,(H,27,31)/t17-,18+/m1/s1. The lowest BCUT2D eigenvalue weighted by molar-refractivity contribution is -0.141. The highest BCUT2D eigenvalue weighted by Gasteiger charge is 2.40. The van der Waals surface area contributed by atoms with Gasteiger partial charge in [-0.15, -0.1) is 0 Å². The van der Waals surface area contributed by atoms with Gasteiger partial charge in [-0.05, 0) is 56.5 Å². The second kappa shape index (κ2) is 11.2. The molecule has 188 valence electrons. The summed E-state index contributed by atoms with van der Waals surface area (Å²) >= 11 is 6.10. The normalized spacial score (nSPS) is 15.9. The maximum atomic E-state index is 13.2. The fourth-order valence-corrected chi connectivity index (χ4v) is 5.67. The van der Waals surface area contributed by atoms with Crippen molar-refractivity contribution in [1.82, 2.24) is 14.5 Å². The van der Waals surface area contributed by atoms with Crippen molar-refractivity contribution in [2.75, 3.05) is 6.54 Å². The van der Waals surface area contributed by atoms with Crippen LogP contribution < -0.4 is 5.32 Å². The van der Waals surface area contributed by atoms with E-state index in [0.29, 0.717) is 5.02 Å². The summed E-state index contributed by atoms with van der Waals surface area (Å²) < 4.78 is 26.3. The number of nitrogens with zero attached hydrogens (tertiary/aromatic N) is 2. The molecule has 10 heteroatoms. The number of hydrogen-bond acceptors (Lipinski definition) is 5. The fourth-order valence-electron chi connectivity index (χ4n) is 3.85. The van der Waals surface area contributed by atoms with E-state index in [1.54, 1.807) is 37.3 Å². The summed E-state index contributed by atoms with van der Waals surface area (Å²) in [7, 11) is -3.93. The van der Waals surface area contributed by atoms with Gasteiger partial charge in [0.2, 0.25) is 11.8 Å². The molecule has 0 saturated carbocycles. The van der Waals surface area contributed by atoms with Crippen LogP contribution in [0.2, 0.25) is 5.02 Å². The largest absolute Gasteiger partial charge is 0.352 e. The van der Waals surface area contributed by atoms with Gasteiger partial charge in [-0.1, -0.05) is 42.8 Å². The summed E-state index contributed by atoms with van der Waals surface area (Å²) in [6.45, 7) is 5.54. The van der Waals surface area contributed by atoms with Crippen LogP contribution in [0.3, 0.4) is 0 Å². The van der Waals surface area contributed by atoms with E-state index >= 15 is 0 Å². The van der Waals surface area contributed by atoms with Crippen LogP contribution in [0.5, 0.6) is 0 Å². The van der Waals surface area contributed by atoms with Gasteiger partial charge in [-0.3, -0.25) is 14.4 Å². The van der Waals surface area contributed by atoms with Gasteiger partial charge < -0.3 is 10.2 Å². The number of rotatable bonds is 10. The molecule has 0 spiro atoms. The molecule has 0 aliphatic carbocycles. The first-order valence-electron chi connectivity index (χ1n) is 11.6. The molecule has 8 nitrogen and oxygen atoms in total. The Bertz CT molecular complexity index is 1220. The van der Waals surface area contributed by atoms with Crippen molar-refractivity contribution in [3.8, 4) is 0 Å². The van der Waals surface area contributed by atoms with Crippen molar-refractivity contribution < 1.29 is 22.8 Å². The number of fused-ring (bicyclic) bond motifs is 1. The smallest absolute Gasteiger partial charge is 0.269 e. The lowest BCUT2D eigenvalue weighted by Gasteiger charge is -2.30. The lowest BCUT2D eigenvalue weighted by Crippen LogP contribution is -2.49. The number of benzene rings is 2. The summed E-state index contributed by atoms with van der Waals surface area (Å²) in [4.78, 5) is 40.1. The molecule has 3 rings (SSSR count). The number of carbonyl (C=O) groups is 3. The Balaban J connectivity index is 1.71. The minimum atomic E-state index is -3.93. The highest BCUT2D eigenvalue weighted by molar-refractivity contribution is 7.90. The number of carbonyl (C=O) groups excluding carboxylic acids is 3. The molecule has 2 aromatic rings. The minimum absolute atomic E-state index is 0.0192. The van der Waals surface area contributed by atoms with Crippen LogP contribution in [0.25, 0.3) is 0 Å². The summed E-state index contributed by atoms with van der Waals surface area (Å²) in [5.74, 6) is -1.19. The van der Waals surface area contributed by atoms with E-state index in [2.05, 4.69) is 5.32 Å². The van der Waals surface area contributed by atoms with Crippen molar-refractivity contribution in [2.24, 2.45) is 0 Å². The van der Waals surface area contributed by atoms with Crippen molar-refractivity contribution in [3.63, 3.8) is 0 Å². The summed E-state index contributed by atoms with van der Waals surface area (Å²) in [6, 6.07) is 12.3. The molecular weight excluding hydrogens is 490 g/mol. The van der Waals surface area contributed by atoms with E-state index in [9.17, 15) is 22.8 Å². The Labute approximate surface area is 211 Å². The SMILES string of the molecule is CC[C@@H](C)NC(=O)[C@H](C)N(Cc1cccc(Cl)c1)C(=O)CCCN1C(=O)c2ccccc2S1(=O)=O. The zero-order chi connectivity index (χ0) is 25.8. The number of nitrogens with one attached hydrogen (secondary N) is 1. The third-order valence-electron chi connectivity index (χ3n) is 6.07. The van der Waals surface area contributed by atoms with Crippen LogP contribution in [0.4, 0.5) is 0 Å². The summed E-state index contributed by atoms with van der Waals surface area (Å²) in [5.41, 5.74) is 0.901. The molecule has 2 aromatic carbocycles. The van der Waals surface area contributed by atoms with Crippen LogP contribution in [0, 0.1) is 0 Å². The third-order valence-corrected chi connectivity index (χ3v) is 8.15. The molecule has 0 radical (unpaired) electrons. The van der Waals surface area contributed by atoms with Gasteiger partial charge in [0.15, 0.2) is 0 Å². The average Bonchev–Trinajstić information content (AvgIpc) is 3.02. The van der Waals surface area contributed by atoms with Crippen LogP contribution in [-0.2, 0) is 26.2 Å². The van der Waals surface area contributed by atoms with Gasteiger partial charge in [0.25, 0.3) is 15.9 Å². The van der Waals surface area contributed by atoms with Crippen molar-refractivity contribution in [3.05, 3.63) is 64.7 Å². The molecule has 0 aromatic heterocycles. The van der Waals surface area contributed by atoms with E-state index in [1.165, 1.54) is 17.0 Å². The van der Waals surface area contributed by atoms with Crippen molar-refractivity contribution >= 4 is 39.3 Å². The summed E-state index contributed by atoms with van der Waals surface area (Å²) in [5, 5.41) is 3.42. The Morgan fingerprint density at radius 3 is 2.49 bits per heavy atom. The van der Waals surface area contributed by atoms with Crippen molar-refractivity contribution in [1.29, 1.82) is 0 Å². The number of halogens is 1. The predicted octanol–water partition coefficient (Wildman–Crippen LogP) is 3.60. The minimum Gasteiger partial charge on any atom is -0.352 e. The van der Waals surface area contributed by atoms with Crippen LogP contribution >= 0.6 is 11.6 Å². The molecule has 3 amide bonds. The van der Waals surface area contributed by atoms with Gasteiger partial charge in [0.1, 0.15) is 10.9 Å². The highest BCUT2D eigenvalue weighted by Crippen LogP contribution is 2.30. The van der Waals surface area contributed by atoms with Crippen LogP contribution in [-0.4, -0.2) is 54.0 Å². The highest BCUT2D eigenvalue weighted by atomic mass is 35.5. The monoisotopic (exact) mass is 519 g/mol. The molecule has 1 heterocycles.